The van der Waals surface area contributed by atoms with E-state index in [2.05, 4.69) is 20.8 Å². The fraction of sp³-hybridized carbons (Fsp3) is 0.552. The first-order chi connectivity index (χ1) is 19.9. The topological polar surface area (TPSA) is 172 Å². The minimum Gasteiger partial charge on any atom is -0.481 e. The van der Waals surface area contributed by atoms with Crippen LogP contribution in [-0.2, 0) is 19.2 Å². The Labute approximate surface area is 243 Å². The Kier molecular flexibility index (Phi) is 11.3. The number of ketones is 1. The van der Waals surface area contributed by atoms with Gasteiger partial charge in [0.15, 0.2) is 0 Å². The Morgan fingerprint density at radius 2 is 1.62 bits per heavy atom. The number of likely N-dealkylation sites (tertiary alicyclic amines) is 1. The lowest BCUT2D eigenvalue weighted by Crippen LogP contribution is -2.57. The summed E-state index contributed by atoms with van der Waals surface area (Å²) >= 11 is 0. The molecule has 1 aromatic heterocycles. The van der Waals surface area contributed by atoms with E-state index < -0.39 is 47.5 Å². The lowest BCUT2D eigenvalue weighted by molar-refractivity contribution is -0.142. The molecule has 0 spiro atoms. The lowest BCUT2D eigenvalue weighted by atomic mass is 9.98. The smallest absolute Gasteiger partial charge is 0.303 e. The number of hydrogen-bond acceptors (Lipinski definition) is 8. The van der Waals surface area contributed by atoms with Crippen LogP contribution in [0, 0.1) is 17.7 Å². The number of nitrogens with zero attached hydrogens (tertiary/aromatic N) is 3. The summed E-state index contributed by atoms with van der Waals surface area (Å²) < 4.78 is 18.8. The SMILES string of the molecule is CC(C)[C@H](NC(=O)[C@@H]1CCCN1C(=O)[C@@H](NC(=O)CCCCC(=O)O)C(C)C)C(=O)c1nnc(-c2ccc(F)cc2)o1. The number of carbonyl (C=O) groups excluding carboxylic acids is 4. The maximum absolute atomic E-state index is 13.5. The standard InChI is InChI=1S/C29H38FN5O7/c1-16(2)23(25(39)28-34-33-27(42-28)18-11-13-19(30)14-12-18)32-26(40)20-8-7-15-35(20)29(41)24(17(3)4)31-21(36)9-5-6-10-22(37)38/h11-14,16-17,20,23-24H,5-10,15H2,1-4H3,(H,31,36)(H,32,40)(H,37,38)/t20-,23-,24-/m0/s1. The number of carboxylic acids is 1. The number of carboxylic acid groups (broad SMARTS) is 1. The molecule has 0 bridgehead atoms. The van der Waals surface area contributed by atoms with E-state index >= 15 is 0 Å². The Balaban J connectivity index is 1.67. The second kappa shape index (κ2) is 14.6. The molecule has 3 N–H and O–H groups in total. The van der Waals surface area contributed by atoms with Crippen molar-refractivity contribution in [3.8, 4) is 11.5 Å². The van der Waals surface area contributed by atoms with Crippen LogP contribution in [0.15, 0.2) is 28.7 Å². The number of carbonyl (C=O) groups is 5. The summed E-state index contributed by atoms with van der Waals surface area (Å²) in [7, 11) is 0. The molecule has 1 saturated heterocycles. The van der Waals surface area contributed by atoms with Gasteiger partial charge in [0.1, 0.15) is 17.9 Å². The third-order valence-corrected chi connectivity index (χ3v) is 7.11. The van der Waals surface area contributed by atoms with Crippen molar-refractivity contribution in [2.24, 2.45) is 11.8 Å². The number of aliphatic carboxylic acids is 1. The van der Waals surface area contributed by atoms with E-state index in [-0.39, 0.29) is 42.4 Å². The lowest BCUT2D eigenvalue weighted by Gasteiger charge is -2.31. The minimum absolute atomic E-state index is 0.0309. The number of halogens is 1. The number of Topliss-reactive ketones (excluding diaryl/α,β-unsaturated/α-hetero) is 1. The van der Waals surface area contributed by atoms with Crippen molar-refractivity contribution in [2.75, 3.05) is 6.54 Å². The van der Waals surface area contributed by atoms with Gasteiger partial charge in [0, 0.05) is 24.9 Å². The van der Waals surface area contributed by atoms with Crippen LogP contribution in [0.4, 0.5) is 4.39 Å². The van der Waals surface area contributed by atoms with E-state index in [0.717, 1.165) is 0 Å². The number of rotatable bonds is 14. The molecule has 3 atom stereocenters. The van der Waals surface area contributed by atoms with Crippen molar-refractivity contribution in [1.29, 1.82) is 0 Å². The average Bonchev–Trinajstić information content (AvgIpc) is 3.63. The van der Waals surface area contributed by atoms with Gasteiger partial charge in [-0.25, -0.2) is 4.39 Å². The van der Waals surface area contributed by atoms with Crippen LogP contribution in [-0.4, -0.2) is 74.3 Å². The van der Waals surface area contributed by atoms with Gasteiger partial charge in [-0.3, -0.25) is 24.0 Å². The minimum atomic E-state index is -1.01. The molecule has 1 aromatic carbocycles. The van der Waals surface area contributed by atoms with Gasteiger partial charge >= 0.3 is 5.97 Å². The fourth-order valence-corrected chi connectivity index (χ4v) is 4.75. The van der Waals surface area contributed by atoms with Crippen LogP contribution in [0.3, 0.4) is 0 Å². The van der Waals surface area contributed by atoms with E-state index in [1.807, 2.05) is 0 Å². The van der Waals surface area contributed by atoms with Crippen molar-refractivity contribution in [2.45, 2.75) is 84.3 Å². The Bertz CT molecular complexity index is 1280. The average molecular weight is 588 g/mol. The van der Waals surface area contributed by atoms with Crippen LogP contribution >= 0.6 is 0 Å². The number of amides is 3. The third-order valence-electron chi connectivity index (χ3n) is 7.11. The second-order valence-electron chi connectivity index (χ2n) is 11.1. The molecule has 3 rings (SSSR count). The van der Waals surface area contributed by atoms with Crippen molar-refractivity contribution in [1.82, 2.24) is 25.7 Å². The predicted octanol–water partition coefficient (Wildman–Crippen LogP) is 2.98. The van der Waals surface area contributed by atoms with Crippen LogP contribution < -0.4 is 10.6 Å². The first kappa shape index (κ1) is 32.4. The maximum Gasteiger partial charge on any atom is 0.303 e. The quantitative estimate of drug-likeness (QED) is 0.222. The van der Waals surface area contributed by atoms with Crippen LogP contribution in [0.5, 0.6) is 0 Å². The van der Waals surface area contributed by atoms with Gasteiger partial charge in [0.25, 0.3) is 5.89 Å². The fourth-order valence-electron chi connectivity index (χ4n) is 4.75. The summed E-state index contributed by atoms with van der Waals surface area (Å²) in [5.41, 5.74) is 0.431. The molecule has 1 aliphatic rings. The Morgan fingerprint density at radius 3 is 2.24 bits per heavy atom. The molecular weight excluding hydrogens is 549 g/mol. The largest absolute Gasteiger partial charge is 0.481 e. The van der Waals surface area contributed by atoms with Gasteiger partial charge in [-0.15, -0.1) is 10.2 Å². The highest BCUT2D eigenvalue weighted by molar-refractivity contribution is 6.00. The summed E-state index contributed by atoms with van der Waals surface area (Å²) in [4.78, 5) is 64.8. The zero-order valence-corrected chi connectivity index (χ0v) is 24.3. The molecule has 0 aliphatic carbocycles. The summed E-state index contributed by atoms with van der Waals surface area (Å²) in [6, 6.07) is 2.62. The third kappa shape index (κ3) is 8.43. The molecule has 0 unspecified atom stereocenters. The van der Waals surface area contributed by atoms with Gasteiger partial charge in [-0.1, -0.05) is 27.7 Å². The monoisotopic (exact) mass is 587 g/mol. The van der Waals surface area contributed by atoms with Gasteiger partial charge in [-0.2, -0.15) is 0 Å². The van der Waals surface area contributed by atoms with E-state index in [0.29, 0.717) is 37.8 Å². The Hall–Kier alpha value is -4.16. The van der Waals surface area contributed by atoms with Gasteiger partial charge in [-0.05, 0) is 61.8 Å². The van der Waals surface area contributed by atoms with E-state index in [9.17, 15) is 28.4 Å². The molecule has 3 amide bonds. The molecule has 228 valence electrons. The molecule has 12 nitrogen and oxygen atoms in total. The van der Waals surface area contributed by atoms with Crippen molar-refractivity contribution in [3.63, 3.8) is 0 Å². The molecule has 13 heteroatoms. The van der Waals surface area contributed by atoms with Crippen LogP contribution in [0.1, 0.15) is 76.9 Å². The van der Waals surface area contributed by atoms with E-state index in [1.54, 1.807) is 27.7 Å². The van der Waals surface area contributed by atoms with Crippen molar-refractivity contribution >= 4 is 29.5 Å². The molecule has 1 fully saturated rings. The molecule has 0 radical (unpaired) electrons. The molecule has 1 aliphatic heterocycles. The molecule has 0 saturated carbocycles. The summed E-state index contributed by atoms with van der Waals surface area (Å²) in [5.74, 6) is -4.11. The molecule has 42 heavy (non-hydrogen) atoms. The number of aromatic nitrogens is 2. The van der Waals surface area contributed by atoms with Gasteiger partial charge in [0.05, 0.1) is 6.04 Å². The highest BCUT2D eigenvalue weighted by Crippen LogP contribution is 2.23. The number of unbranched alkanes of at least 4 members (excludes halogenated alkanes) is 1. The first-order valence-corrected chi connectivity index (χ1v) is 14.1. The number of benzene rings is 1. The van der Waals surface area contributed by atoms with Gasteiger partial charge in [0.2, 0.25) is 29.4 Å². The van der Waals surface area contributed by atoms with Crippen molar-refractivity contribution < 1.29 is 37.9 Å². The number of hydrogen-bond donors (Lipinski definition) is 3. The van der Waals surface area contributed by atoms with E-state index in [1.165, 1.54) is 29.2 Å². The van der Waals surface area contributed by atoms with Crippen LogP contribution in [0.25, 0.3) is 11.5 Å². The molecule has 2 heterocycles. The highest BCUT2D eigenvalue weighted by atomic mass is 19.1. The maximum atomic E-state index is 13.5. The Morgan fingerprint density at radius 1 is 0.976 bits per heavy atom. The molecular formula is C29H38FN5O7. The summed E-state index contributed by atoms with van der Waals surface area (Å²) in [6.07, 6.45) is 1.74. The summed E-state index contributed by atoms with van der Waals surface area (Å²) in [5, 5.41) is 22.0. The second-order valence-corrected chi connectivity index (χ2v) is 11.1. The highest BCUT2D eigenvalue weighted by Gasteiger charge is 2.40. The predicted molar refractivity (Wildman–Crippen MR) is 148 cm³/mol. The van der Waals surface area contributed by atoms with Crippen molar-refractivity contribution in [3.05, 3.63) is 36.0 Å². The first-order valence-electron chi connectivity index (χ1n) is 14.1. The number of nitrogens with one attached hydrogen (secondary N) is 2. The summed E-state index contributed by atoms with van der Waals surface area (Å²) in [6.45, 7) is 7.39. The zero-order valence-electron chi connectivity index (χ0n) is 24.3. The normalized spacial score (nSPS) is 16.4. The zero-order chi connectivity index (χ0) is 31.0. The molecule has 2 aromatic rings. The van der Waals surface area contributed by atoms with Gasteiger partial charge < -0.3 is 25.1 Å². The van der Waals surface area contributed by atoms with Crippen LogP contribution in [0.2, 0.25) is 0 Å². The van der Waals surface area contributed by atoms with E-state index in [4.69, 9.17) is 9.52 Å².